The van der Waals surface area contributed by atoms with E-state index in [2.05, 4.69) is 52.8 Å². The molecule has 1 saturated heterocycles. The lowest BCUT2D eigenvalue weighted by Crippen LogP contribution is -2.51. The van der Waals surface area contributed by atoms with Gasteiger partial charge < -0.3 is 15.5 Å². The lowest BCUT2D eigenvalue weighted by atomic mass is 9.92. The molecule has 5 heteroatoms. The molecule has 0 bridgehead atoms. The van der Waals surface area contributed by atoms with E-state index < -0.39 is 0 Å². The molecule has 1 aromatic rings. The smallest absolute Gasteiger partial charge is 0.191 e. The summed E-state index contributed by atoms with van der Waals surface area (Å²) in [7, 11) is 0. The minimum Gasteiger partial charge on any atom is -0.354 e. The van der Waals surface area contributed by atoms with E-state index in [4.69, 9.17) is 4.99 Å². The van der Waals surface area contributed by atoms with E-state index >= 15 is 0 Å². The maximum absolute atomic E-state index is 4.72. The van der Waals surface area contributed by atoms with Gasteiger partial charge in [0.25, 0.3) is 0 Å². The van der Waals surface area contributed by atoms with E-state index in [1.165, 1.54) is 70.0 Å². The summed E-state index contributed by atoms with van der Waals surface area (Å²) in [5.41, 5.74) is 1.45. The normalized spacial score (nSPS) is 27.1. The van der Waals surface area contributed by atoms with Crippen LogP contribution >= 0.6 is 24.0 Å². The number of nitrogens with zero attached hydrogens (tertiary/aromatic N) is 2. The predicted octanol–water partition coefficient (Wildman–Crippen LogP) is 4.51. The van der Waals surface area contributed by atoms with E-state index in [-0.39, 0.29) is 24.0 Å². The average Bonchev–Trinajstić information content (AvgIpc) is 3.49. The Bertz CT molecular complexity index is 606. The van der Waals surface area contributed by atoms with Gasteiger partial charge >= 0.3 is 0 Å². The first-order valence-electron chi connectivity index (χ1n) is 11.2. The number of rotatable bonds is 5. The third-order valence-corrected chi connectivity index (χ3v) is 6.62. The van der Waals surface area contributed by atoms with Gasteiger partial charge in [0.2, 0.25) is 0 Å². The highest BCUT2D eigenvalue weighted by Gasteiger charge is 2.39. The molecule has 3 aliphatic rings. The number of aliphatic imine (C=N–C) groups is 1. The van der Waals surface area contributed by atoms with Crippen LogP contribution in [0.1, 0.15) is 69.8 Å². The predicted molar refractivity (Wildman–Crippen MR) is 129 cm³/mol. The summed E-state index contributed by atoms with van der Waals surface area (Å²) in [4.78, 5) is 7.47. The van der Waals surface area contributed by atoms with Crippen molar-refractivity contribution in [1.29, 1.82) is 0 Å². The van der Waals surface area contributed by atoms with Crippen LogP contribution in [0.5, 0.6) is 0 Å². The number of halogens is 1. The molecule has 0 radical (unpaired) electrons. The van der Waals surface area contributed by atoms with E-state index in [1.807, 2.05) is 0 Å². The highest BCUT2D eigenvalue weighted by Crippen LogP contribution is 2.40. The molecule has 2 atom stereocenters. The summed E-state index contributed by atoms with van der Waals surface area (Å²) in [5, 5.41) is 7.42. The summed E-state index contributed by atoms with van der Waals surface area (Å²) in [5.74, 6) is 1.67. The van der Waals surface area contributed by atoms with Crippen LogP contribution < -0.4 is 10.6 Å². The lowest BCUT2D eigenvalue weighted by Gasteiger charge is -2.39. The summed E-state index contributed by atoms with van der Waals surface area (Å²) < 4.78 is 0. The molecule has 2 N–H and O–H groups in total. The topological polar surface area (TPSA) is 39.7 Å². The molecule has 0 spiro atoms. The standard InChI is InChI=1S/C23H36N4.HI/c1-2-24-23(26-22-17-21(22)18-9-5-3-6-10-18)25-19-13-15-27(16-14-19)20-11-7-4-8-12-20;/h3,5-6,9-10,19-22H,2,4,7-8,11-17H2,1H3,(H2,24,25,26);1H. The van der Waals surface area contributed by atoms with Gasteiger partial charge in [-0.05, 0) is 44.6 Å². The Labute approximate surface area is 188 Å². The first-order chi connectivity index (χ1) is 13.3. The largest absolute Gasteiger partial charge is 0.354 e. The molecule has 4 rings (SSSR count). The number of guanidine groups is 1. The first kappa shape index (κ1) is 21.9. The van der Waals surface area contributed by atoms with Gasteiger partial charge in [-0.3, -0.25) is 4.99 Å². The van der Waals surface area contributed by atoms with Gasteiger partial charge in [-0.1, -0.05) is 49.6 Å². The minimum absolute atomic E-state index is 0. The Morgan fingerprint density at radius 1 is 1.00 bits per heavy atom. The molecular weight excluding hydrogens is 459 g/mol. The van der Waals surface area contributed by atoms with Crippen molar-refractivity contribution in [2.24, 2.45) is 4.99 Å². The Hall–Kier alpha value is -0.820. The average molecular weight is 496 g/mol. The number of piperidine rings is 1. The Morgan fingerprint density at radius 2 is 1.71 bits per heavy atom. The maximum Gasteiger partial charge on any atom is 0.191 e. The third kappa shape index (κ3) is 5.85. The van der Waals surface area contributed by atoms with E-state index in [9.17, 15) is 0 Å². The molecule has 2 aliphatic carbocycles. The van der Waals surface area contributed by atoms with Crippen molar-refractivity contribution < 1.29 is 0 Å². The number of likely N-dealkylation sites (tertiary alicyclic amines) is 1. The molecule has 2 saturated carbocycles. The van der Waals surface area contributed by atoms with Gasteiger partial charge in [0.1, 0.15) is 0 Å². The fraction of sp³-hybridized carbons (Fsp3) is 0.696. The van der Waals surface area contributed by atoms with Gasteiger partial charge in [-0.25, -0.2) is 0 Å². The number of hydrogen-bond acceptors (Lipinski definition) is 2. The highest BCUT2D eigenvalue weighted by atomic mass is 127. The second-order valence-electron chi connectivity index (χ2n) is 8.57. The van der Waals surface area contributed by atoms with E-state index in [0.29, 0.717) is 18.0 Å². The van der Waals surface area contributed by atoms with Crippen molar-refractivity contribution in [2.45, 2.75) is 82.3 Å². The van der Waals surface area contributed by atoms with E-state index in [1.54, 1.807) is 0 Å². The molecule has 28 heavy (non-hydrogen) atoms. The Balaban J connectivity index is 0.00000225. The van der Waals surface area contributed by atoms with Gasteiger partial charge in [-0.2, -0.15) is 0 Å². The lowest BCUT2D eigenvalue weighted by molar-refractivity contribution is 0.119. The second-order valence-corrected chi connectivity index (χ2v) is 8.57. The number of hydrogen-bond donors (Lipinski definition) is 2. The summed E-state index contributed by atoms with van der Waals surface area (Å²) >= 11 is 0. The van der Waals surface area contributed by atoms with Gasteiger partial charge in [0.15, 0.2) is 5.96 Å². The van der Waals surface area contributed by atoms with Crippen LogP contribution in [0.15, 0.2) is 35.3 Å². The molecule has 2 unspecified atom stereocenters. The van der Waals surface area contributed by atoms with Crippen molar-refractivity contribution in [3.63, 3.8) is 0 Å². The van der Waals surface area contributed by atoms with Crippen molar-refractivity contribution in [1.82, 2.24) is 15.5 Å². The number of benzene rings is 1. The maximum atomic E-state index is 4.72. The first-order valence-corrected chi connectivity index (χ1v) is 11.2. The quantitative estimate of drug-likeness (QED) is 0.358. The minimum atomic E-state index is 0. The Kier molecular flexibility index (Phi) is 8.45. The van der Waals surface area contributed by atoms with Gasteiger partial charge in [0.05, 0.1) is 0 Å². The van der Waals surface area contributed by atoms with Crippen LogP contribution in [0.4, 0.5) is 0 Å². The fourth-order valence-corrected chi connectivity index (χ4v) is 4.94. The van der Waals surface area contributed by atoms with Crippen LogP contribution in [0.3, 0.4) is 0 Å². The van der Waals surface area contributed by atoms with Crippen molar-refractivity contribution >= 4 is 29.9 Å². The molecule has 0 amide bonds. The molecule has 4 nitrogen and oxygen atoms in total. The summed E-state index contributed by atoms with van der Waals surface area (Å²) in [6.45, 7) is 5.45. The van der Waals surface area contributed by atoms with Crippen molar-refractivity contribution in [2.75, 3.05) is 19.6 Å². The van der Waals surface area contributed by atoms with Crippen LogP contribution in [0.25, 0.3) is 0 Å². The molecular formula is C23H37IN4. The molecule has 1 aromatic carbocycles. The second kappa shape index (κ2) is 10.8. The fourth-order valence-electron chi connectivity index (χ4n) is 4.94. The summed E-state index contributed by atoms with van der Waals surface area (Å²) in [6, 6.07) is 12.8. The molecule has 0 aromatic heterocycles. The molecule has 3 fully saturated rings. The van der Waals surface area contributed by atoms with Crippen molar-refractivity contribution in [3.8, 4) is 0 Å². The Morgan fingerprint density at radius 3 is 2.39 bits per heavy atom. The third-order valence-electron chi connectivity index (χ3n) is 6.62. The number of nitrogens with one attached hydrogen (secondary N) is 2. The van der Waals surface area contributed by atoms with Gasteiger partial charge in [-0.15, -0.1) is 24.0 Å². The molecule has 1 aliphatic heterocycles. The zero-order chi connectivity index (χ0) is 18.5. The zero-order valence-corrected chi connectivity index (χ0v) is 19.6. The van der Waals surface area contributed by atoms with Gasteiger partial charge in [0, 0.05) is 43.7 Å². The van der Waals surface area contributed by atoms with Crippen LogP contribution in [0.2, 0.25) is 0 Å². The molecule has 1 heterocycles. The SMILES string of the molecule is CCN=C(NC1CCN(C2CCCCC2)CC1)NC1CC1c1ccccc1.I. The highest BCUT2D eigenvalue weighted by molar-refractivity contribution is 14.0. The monoisotopic (exact) mass is 496 g/mol. The van der Waals surface area contributed by atoms with Crippen LogP contribution in [-0.4, -0.2) is 48.6 Å². The molecule has 156 valence electrons. The van der Waals surface area contributed by atoms with Crippen LogP contribution in [0, 0.1) is 0 Å². The van der Waals surface area contributed by atoms with Crippen molar-refractivity contribution in [3.05, 3.63) is 35.9 Å². The van der Waals surface area contributed by atoms with E-state index in [0.717, 1.165) is 18.5 Å². The summed E-state index contributed by atoms with van der Waals surface area (Å²) in [6.07, 6.45) is 10.9. The zero-order valence-electron chi connectivity index (χ0n) is 17.3. The van der Waals surface area contributed by atoms with Crippen LogP contribution in [-0.2, 0) is 0 Å².